The zero-order valence-corrected chi connectivity index (χ0v) is 9.14. The van der Waals surface area contributed by atoms with Crippen molar-refractivity contribution in [3.05, 3.63) is 42.0 Å². The highest BCUT2D eigenvalue weighted by Gasteiger charge is 2.00. The Morgan fingerprint density at radius 2 is 2.12 bits per heavy atom. The molecule has 0 fully saturated rings. The molecule has 0 radical (unpaired) electrons. The number of rotatable bonds is 4. The minimum absolute atomic E-state index is 0.0241. The first-order valence-corrected chi connectivity index (χ1v) is 4.97. The summed E-state index contributed by atoms with van der Waals surface area (Å²) in [5.41, 5.74) is 1.46. The maximum absolute atomic E-state index is 11.3. The SMILES string of the molecule is C/C(=C\COC(=O)Nc1ccccc1)CO. The van der Waals surface area contributed by atoms with E-state index in [9.17, 15) is 4.79 Å². The van der Waals surface area contributed by atoms with Gasteiger partial charge in [0.2, 0.25) is 0 Å². The minimum Gasteiger partial charge on any atom is -0.445 e. The van der Waals surface area contributed by atoms with Crippen LogP contribution in [0.15, 0.2) is 42.0 Å². The molecule has 0 aromatic heterocycles. The van der Waals surface area contributed by atoms with E-state index in [4.69, 9.17) is 9.84 Å². The van der Waals surface area contributed by atoms with Gasteiger partial charge in [0.15, 0.2) is 0 Å². The van der Waals surface area contributed by atoms with Crippen molar-refractivity contribution in [2.24, 2.45) is 0 Å². The van der Waals surface area contributed by atoms with Crippen LogP contribution in [0.2, 0.25) is 0 Å². The van der Waals surface area contributed by atoms with Crippen LogP contribution in [-0.4, -0.2) is 24.4 Å². The third kappa shape index (κ3) is 4.61. The fourth-order valence-corrected chi connectivity index (χ4v) is 1.000. The van der Waals surface area contributed by atoms with Crippen LogP contribution in [0, 0.1) is 0 Å². The summed E-state index contributed by atoms with van der Waals surface area (Å²) in [5, 5.41) is 11.3. The summed E-state index contributed by atoms with van der Waals surface area (Å²) < 4.78 is 4.88. The molecule has 0 unspecified atom stereocenters. The molecule has 4 nitrogen and oxygen atoms in total. The Morgan fingerprint density at radius 1 is 1.44 bits per heavy atom. The average molecular weight is 221 g/mol. The molecule has 0 atom stereocenters. The molecule has 0 heterocycles. The van der Waals surface area contributed by atoms with Crippen molar-refractivity contribution in [3.8, 4) is 0 Å². The van der Waals surface area contributed by atoms with Crippen molar-refractivity contribution in [2.45, 2.75) is 6.92 Å². The van der Waals surface area contributed by atoms with Crippen molar-refractivity contribution in [1.82, 2.24) is 0 Å². The van der Waals surface area contributed by atoms with Gasteiger partial charge in [-0.1, -0.05) is 18.2 Å². The molecule has 1 aromatic carbocycles. The van der Waals surface area contributed by atoms with Crippen molar-refractivity contribution in [2.75, 3.05) is 18.5 Å². The third-order valence-electron chi connectivity index (χ3n) is 1.92. The third-order valence-corrected chi connectivity index (χ3v) is 1.92. The van der Waals surface area contributed by atoms with Crippen molar-refractivity contribution in [1.29, 1.82) is 0 Å². The zero-order valence-electron chi connectivity index (χ0n) is 9.14. The second-order valence-electron chi connectivity index (χ2n) is 3.30. The molecule has 0 saturated carbocycles. The standard InChI is InChI=1S/C12H15NO3/c1-10(9-14)7-8-16-12(15)13-11-5-3-2-4-6-11/h2-7,14H,8-9H2,1H3,(H,13,15)/b10-7+. The molecule has 0 aliphatic heterocycles. The molecule has 0 saturated heterocycles. The summed E-state index contributed by atoms with van der Waals surface area (Å²) in [6, 6.07) is 9.06. The lowest BCUT2D eigenvalue weighted by atomic mass is 10.3. The predicted octanol–water partition coefficient (Wildman–Crippen LogP) is 2.17. The van der Waals surface area contributed by atoms with E-state index in [-0.39, 0.29) is 13.2 Å². The number of amides is 1. The van der Waals surface area contributed by atoms with Gasteiger partial charge >= 0.3 is 6.09 Å². The summed E-state index contributed by atoms with van der Waals surface area (Å²) in [7, 11) is 0. The summed E-state index contributed by atoms with van der Waals surface area (Å²) in [4.78, 5) is 11.3. The number of aliphatic hydroxyl groups is 1. The lowest BCUT2D eigenvalue weighted by molar-refractivity contribution is 0.173. The molecule has 4 heteroatoms. The maximum Gasteiger partial charge on any atom is 0.411 e. The van der Waals surface area contributed by atoms with E-state index >= 15 is 0 Å². The number of hydrogen-bond acceptors (Lipinski definition) is 3. The van der Waals surface area contributed by atoms with Crippen LogP contribution in [0.5, 0.6) is 0 Å². The number of benzene rings is 1. The number of para-hydroxylation sites is 1. The van der Waals surface area contributed by atoms with Crippen LogP contribution in [0.25, 0.3) is 0 Å². The summed E-state index contributed by atoms with van der Waals surface area (Å²) in [5.74, 6) is 0. The molecule has 1 aromatic rings. The molecule has 86 valence electrons. The number of nitrogens with one attached hydrogen (secondary N) is 1. The van der Waals surface area contributed by atoms with Gasteiger partial charge in [0.05, 0.1) is 6.61 Å². The Kier molecular flexibility index (Phi) is 5.08. The van der Waals surface area contributed by atoms with E-state index in [0.29, 0.717) is 5.69 Å². The van der Waals surface area contributed by atoms with E-state index in [2.05, 4.69) is 5.32 Å². The molecular formula is C12H15NO3. The lowest BCUT2D eigenvalue weighted by Gasteiger charge is -2.05. The summed E-state index contributed by atoms with van der Waals surface area (Å²) in [6.45, 7) is 1.90. The molecule has 16 heavy (non-hydrogen) atoms. The van der Waals surface area contributed by atoms with Crippen molar-refractivity contribution >= 4 is 11.8 Å². The first-order chi connectivity index (χ1) is 7.72. The Morgan fingerprint density at radius 3 is 2.75 bits per heavy atom. The molecule has 0 aliphatic rings. The summed E-state index contributed by atoms with van der Waals surface area (Å²) in [6.07, 6.45) is 1.15. The van der Waals surface area contributed by atoms with Gasteiger partial charge < -0.3 is 9.84 Å². The van der Waals surface area contributed by atoms with Gasteiger partial charge in [-0.2, -0.15) is 0 Å². The van der Waals surface area contributed by atoms with E-state index in [1.807, 2.05) is 18.2 Å². The van der Waals surface area contributed by atoms with Crippen LogP contribution in [-0.2, 0) is 4.74 Å². The van der Waals surface area contributed by atoms with Crippen LogP contribution < -0.4 is 5.32 Å². The molecule has 1 rings (SSSR count). The van der Waals surface area contributed by atoms with Crippen molar-refractivity contribution < 1.29 is 14.6 Å². The van der Waals surface area contributed by atoms with Crippen LogP contribution in [0.4, 0.5) is 10.5 Å². The number of carbonyl (C=O) groups is 1. The molecule has 0 spiro atoms. The molecular weight excluding hydrogens is 206 g/mol. The Hall–Kier alpha value is -1.81. The first-order valence-electron chi connectivity index (χ1n) is 4.97. The summed E-state index contributed by atoms with van der Waals surface area (Å²) >= 11 is 0. The van der Waals surface area contributed by atoms with Crippen molar-refractivity contribution in [3.63, 3.8) is 0 Å². The van der Waals surface area contributed by atoms with E-state index in [1.165, 1.54) is 0 Å². The Bertz CT molecular complexity index is 360. The Labute approximate surface area is 94.6 Å². The van der Waals surface area contributed by atoms with Crippen LogP contribution >= 0.6 is 0 Å². The van der Waals surface area contributed by atoms with Gasteiger partial charge in [-0.25, -0.2) is 4.79 Å². The highest BCUT2D eigenvalue weighted by atomic mass is 16.5. The number of aliphatic hydroxyl groups excluding tert-OH is 1. The van der Waals surface area contributed by atoms with Gasteiger partial charge in [-0.3, -0.25) is 5.32 Å². The Balaban J connectivity index is 2.32. The zero-order chi connectivity index (χ0) is 11.8. The van der Waals surface area contributed by atoms with Crippen LogP contribution in [0.3, 0.4) is 0 Å². The average Bonchev–Trinajstić information content (AvgIpc) is 2.30. The van der Waals surface area contributed by atoms with E-state index < -0.39 is 6.09 Å². The largest absolute Gasteiger partial charge is 0.445 e. The predicted molar refractivity (Wildman–Crippen MR) is 62.3 cm³/mol. The minimum atomic E-state index is -0.506. The number of hydrogen-bond donors (Lipinski definition) is 2. The highest BCUT2D eigenvalue weighted by Crippen LogP contribution is 2.05. The number of carbonyl (C=O) groups excluding carboxylic acids is 1. The molecule has 0 bridgehead atoms. The highest BCUT2D eigenvalue weighted by molar-refractivity contribution is 5.84. The monoisotopic (exact) mass is 221 g/mol. The second kappa shape index (κ2) is 6.63. The van der Waals surface area contributed by atoms with Gasteiger partial charge in [-0.15, -0.1) is 0 Å². The smallest absolute Gasteiger partial charge is 0.411 e. The molecule has 0 aliphatic carbocycles. The van der Waals surface area contributed by atoms with Gasteiger partial charge in [0.25, 0.3) is 0 Å². The number of ether oxygens (including phenoxy) is 1. The van der Waals surface area contributed by atoms with Gasteiger partial charge in [-0.05, 0) is 30.7 Å². The van der Waals surface area contributed by atoms with E-state index in [1.54, 1.807) is 25.1 Å². The first kappa shape index (κ1) is 12.3. The maximum atomic E-state index is 11.3. The van der Waals surface area contributed by atoms with Crippen LogP contribution in [0.1, 0.15) is 6.92 Å². The normalized spacial score (nSPS) is 11.0. The fraction of sp³-hybridized carbons (Fsp3) is 0.250. The quantitative estimate of drug-likeness (QED) is 0.766. The van der Waals surface area contributed by atoms with E-state index in [0.717, 1.165) is 5.57 Å². The topological polar surface area (TPSA) is 58.6 Å². The van der Waals surface area contributed by atoms with Gasteiger partial charge in [0.1, 0.15) is 6.61 Å². The molecule has 1 amide bonds. The molecule has 2 N–H and O–H groups in total. The lowest BCUT2D eigenvalue weighted by Crippen LogP contribution is -2.13. The number of anilines is 1. The fourth-order valence-electron chi connectivity index (χ4n) is 1.000. The van der Waals surface area contributed by atoms with Gasteiger partial charge in [0, 0.05) is 5.69 Å². The second-order valence-corrected chi connectivity index (χ2v) is 3.30.